The summed E-state index contributed by atoms with van der Waals surface area (Å²) in [5.74, 6) is -1.27. The zero-order valence-electron chi connectivity index (χ0n) is 15.1. The van der Waals surface area contributed by atoms with Crippen molar-refractivity contribution in [3.63, 3.8) is 0 Å². The van der Waals surface area contributed by atoms with Crippen LogP contribution in [0.2, 0.25) is 0 Å². The van der Waals surface area contributed by atoms with Gasteiger partial charge in [0.25, 0.3) is 11.6 Å². The van der Waals surface area contributed by atoms with E-state index in [1.54, 1.807) is 32.0 Å². The average molecular weight is 356 g/mol. The molecule has 0 atom stereocenters. The summed E-state index contributed by atoms with van der Waals surface area (Å²) in [6, 6.07) is 8.02. The lowest BCUT2D eigenvalue weighted by atomic mass is 10.1. The number of nitro benzene ring substituents is 1. The summed E-state index contributed by atoms with van der Waals surface area (Å²) in [4.78, 5) is 34.6. The highest BCUT2D eigenvalue weighted by Gasteiger charge is 2.18. The van der Waals surface area contributed by atoms with Crippen molar-refractivity contribution in [2.45, 2.75) is 27.7 Å². The highest BCUT2D eigenvalue weighted by Crippen LogP contribution is 2.27. The molecule has 0 radical (unpaired) electrons. The lowest BCUT2D eigenvalue weighted by Crippen LogP contribution is -2.21. The predicted octanol–water partition coefficient (Wildman–Crippen LogP) is 3.62. The molecule has 1 amide bonds. The van der Waals surface area contributed by atoms with Gasteiger partial charge in [0.05, 0.1) is 10.5 Å². The maximum Gasteiger partial charge on any atom is 0.338 e. The SMILES string of the molecule is Cc1ccc(C(=O)OCC(=O)Nc2cc(C)c(C)cc2[N+](=O)[O-])cc1C. The van der Waals surface area contributed by atoms with Crippen LogP contribution in [0.3, 0.4) is 0 Å². The number of nitrogens with zero attached hydrogens (tertiary/aromatic N) is 1. The Morgan fingerprint density at radius 2 is 1.62 bits per heavy atom. The first-order chi connectivity index (χ1) is 12.2. The lowest BCUT2D eigenvalue weighted by Gasteiger charge is -2.10. The number of nitrogens with one attached hydrogen (secondary N) is 1. The number of hydrogen-bond donors (Lipinski definition) is 1. The van der Waals surface area contributed by atoms with E-state index in [2.05, 4.69) is 5.32 Å². The minimum atomic E-state index is -0.645. The second-order valence-corrected chi connectivity index (χ2v) is 6.13. The van der Waals surface area contributed by atoms with Gasteiger partial charge in [-0.1, -0.05) is 6.07 Å². The molecule has 0 heterocycles. The van der Waals surface area contributed by atoms with Gasteiger partial charge in [-0.2, -0.15) is 0 Å². The molecule has 1 N–H and O–H groups in total. The van der Waals surface area contributed by atoms with Crippen molar-refractivity contribution in [3.05, 3.63) is 68.3 Å². The third-order valence-electron chi connectivity index (χ3n) is 4.16. The molecule has 0 aliphatic heterocycles. The zero-order chi connectivity index (χ0) is 19.4. The number of hydrogen-bond acceptors (Lipinski definition) is 5. The topological polar surface area (TPSA) is 98.5 Å². The van der Waals surface area contributed by atoms with Gasteiger partial charge in [-0.25, -0.2) is 4.79 Å². The molecule has 2 aromatic rings. The van der Waals surface area contributed by atoms with E-state index in [1.807, 2.05) is 13.8 Å². The van der Waals surface area contributed by atoms with Crippen LogP contribution in [-0.4, -0.2) is 23.4 Å². The van der Waals surface area contributed by atoms with Crippen molar-refractivity contribution in [3.8, 4) is 0 Å². The van der Waals surface area contributed by atoms with Crippen molar-refractivity contribution in [2.24, 2.45) is 0 Å². The van der Waals surface area contributed by atoms with E-state index in [1.165, 1.54) is 12.1 Å². The molecule has 0 bridgehead atoms. The summed E-state index contributed by atoms with van der Waals surface area (Å²) in [5, 5.41) is 13.6. The number of aryl methyl sites for hydroxylation is 4. The molecule has 136 valence electrons. The summed E-state index contributed by atoms with van der Waals surface area (Å²) in [6.07, 6.45) is 0. The molecule has 0 spiro atoms. The molecular formula is C19H20N2O5. The van der Waals surface area contributed by atoms with Crippen molar-refractivity contribution in [1.29, 1.82) is 0 Å². The zero-order valence-corrected chi connectivity index (χ0v) is 15.1. The number of amides is 1. The van der Waals surface area contributed by atoms with Gasteiger partial charge in [0.2, 0.25) is 0 Å². The maximum atomic E-state index is 12.0. The van der Waals surface area contributed by atoms with E-state index in [9.17, 15) is 19.7 Å². The fourth-order valence-corrected chi connectivity index (χ4v) is 2.32. The second kappa shape index (κ2) is 7.77. The Kier molecular flexibility index (Phi) is 5.71. The minimum Gasteiger partial charge on any atom is -0.452 e. The monoisotopic (exact) mass is 356 g/mol. The first kappa shape index (κ1) is 19.1. The van der Waals surface area contributed by atoms with E-state index in [4.69, 9.17) is 4.74 Å². The number of carbonyl (C=O) groups excluding carboxylic acids is 2. The van der Waals surface area contributed by atoms with Crippen LogP contribution in [0.1, 0.15) is 32.6 Å². The molecule has 0 aliphatic rings. The van der Waals surface area contributed by atoms with Crippen LogP contribution in [-0.2, 0) is 9.53 Å². The molecule has 0 saturated heterocycles. The van der Waals surface area contributed by atoms with E-state index in [0.717, 1.165) is 22.3 Å². The Balaban J connectivity index is 2.05. The van der Waals surface area contributed by atoms with Gasteiger partial charge in [0.15, 0.2) is 6.61 Å². The molecule has 26 heavy (non-hydrogen) atoms. The fraction of sp³-hybridized carbons (Fsp3) is 0.263. The van der Waals surface area contributed by atoms with Gasteiger partial charge in [0.1, 0.15) is 5.69 Å². The summed E-state index contributed by atoms with van der Waals surface area (Å²) in [6.45, 7) is 6.80. The summed E-state index contributed by atoms with van der Waals surface area (Å²) < 4.78 is 4.99. The second-order valence-electron chi connectivity index (χ2n) is 6.13. The van der Waals surface area contributed by atoms with Crippen LogP contribution < -0.4 is 5.32 Å². The van der Waals surface area contributed by atoms with Gasteiger partial charge < -0.3 is 10.1 Å². The largest absolute Gasteiger partial charge is 0.452 e. The number of esters is 1. The molecule has 0 unspecified atom stereocenters. The van der Waals surface area contributed by atoms with Gasteiger partial charge >= 0.3 is 5.97 Å². The number of anilines is 1. The Bertz CT molecular complexity index is 890. The molecule has 7 heteroatoms. The number of rotatable bonds is 5. The third kappa shape index (κ3) is 4.44. The third-order valence-corrected chi connectivity index (χ3v) is 4.16. The van der Waals surface area contributed by atoms with Gasteiger partial charge in [-0.3, -0.25) is 14.9 Å². The number of ether oxygens (including phenoxy) is 1. The summed E-state index contributed by atoms with van der Waals surface area (Å²) in [5.41, 5.74) is 3.75. The molecular weight excluding hydrogens is 336 g/mol. The Morgan fingerprint density at radius 1 is 1.00 bits per heavy atom. The molecule has 0 saturated carbocycles. The Hall–Kier alpha value is -3.22. The maximum absolute atomic E-state index is 12.0. The van der Waals surface area contributed by atoms with Crippen molar-refractivity contribution in [2.75, 3.05) is 11.9 Å². The van der Waals surface area contributed by atoms with Gasteiger partial charge in [-0.15, -0.1) is 0 Å². The van der Waals surface area contributed by atoms with Gasteiger partial charge in [-0.05, 0) is 68.1 Å². The van der Waals surface area contributed by atoms with Crippen LogP contribution in [0.15, 0.2) is 30.3 Å². The molecule has 0 aromatic heterocycles. The number of nitro groups is 1. The number of carbonyl (C=O) groups is 2. The minimum absolute atomic E-state index is 0.0744. The van der Waals surface area contributed by atoms with Crippen LogP contribution >= 0.6 is 0 Å². The lowest BCUT2D eigenvalue weighted by molar-refractivity contribution is -0.384. The van der Waals surface area contributed by atoms with Crippen LogP contribution in [0.5, 0.6) is 0 Å². The Morgan fingerprint density at radius 3 is 2.23 bits per heavy atom. The summed E-state index contributed by atoms with van der Waals surface area (Å²) in [7, 11) is 0. The normalized spacial score (nSPS) is 10.3. The van der Waals surface area contributed by atoms with E-state index in [0.29, 0.717) is 5.56 Å². The Labute approximate surface area is 151 Å². The highest BCUT2D eigenvalue weighted by atomic mass is 16.6. The first-order valence-corrected chi connectivity index (χ1v) is 7.99. The molecule has 0 aliphatic carbocycles. The van der Waals surface area contributed by atoms with Crippen LogP contribution in [0, 0.1) is 37.8 Å². The summed E-state index contributed by atoms with van der Waals surface area (Å²) >= 11 is 0. The fourth-order valence-electron chi connectivity index (χ4n) is 2.32. The quantitative estimate of drug-likeness (QED) is 0.501. The van der Waals surface area contributed by atoms with E-state index in [-0.39, 0.29) is 11.4 Å². The highest BCUT2D eigenvalue weighted by molar-refractivity contribution is 5.97. The van der Waals surface area contributed by atoms with Crippen LogP contribution in [0.4, 0.5) is 11.4 Å². The average Bonchev–Trinajstić information content (AvgIpc) is 2.58. The van der Waals surface area contributed by atoms with Crippen molar-refractivity contribution >= 4 is 23.3 Å². The number of benzene rings is 2. The van der Waals surface area contributed by atoms with E-state index >= 15 is 0 Å². The smallest absolute Gasteiger partial charge is 0.338 e. The van der Waals surface area contributed by atoms with Crippen molar-refractivity contribution in [1.82, 2.24) is 0 Å². The molecule has 0 fully saturated rings. The first-order valence-electron chi connectivity index (χ1n) is 7.99. The molecule has 7 nitrogen and oxygen atoms in total. The molecule has 2 aromatic carbocycles. The predicted molar refractivity (Wildman–Crippen MR) is 97.4 cm³/mol. The molecule has 2 rings (SSSR count). The van der Waals surface area contributed by atoms with E-state index < -0.39 is 23.4 Å². The van der Waals surface area contributed by atoms with Gasteiger partial charge in [0, 0.05) is 6.07 Å². The standard InChI is InChI=1S/C19H20N2O5/c1-11-5-6-15(7-12(11)2)19(23)26-10-18(22)20-16-8-13(3)14(4)9-17(16)21(24)25/h5-9H,10H2,1-4H3,(H,20,22). The van der Waals surface area contributed by atoms with Crippen molar-refractivity contribution < 1.29 is 19.2 Å². The van der Waals surface area contributed by atoms with Crippen LogP contribution in [0.25, 0.3) is 0 Å².